The Balaban J connectivity index is 2.66. The van der Waals surface area contributed by atoms with Gasteiger partial charge in [-0.15, -0.1) is 0 Å². The Morgan fingerprint density at radius 3 is 2.39 bits per heavy atom. The quantitative estimate of drug-likeness (QED) is 0.868. The molecule has 1 aromatic heterocycles. The second-order valence-electron chi connectivity index (χ2n) is 4.40. The third-order valence-corrected chi connectivity index (χ3v) is 3.35. The van der Waals surface area contributed by atoms with Gasteiger partial charge in [-0.1, -0.05) is 12.1 Å². The van der Waals surface area contributed by atoms with Crippen molar-refractivity contribution in [2.24, 2.45) is 0 Å². The molecule has 0 amide bonds. The third-order valence-electron chi connectivity index (χ3n) is 3.35. The van der Waals surface area contributed by atoms with E-state index in [1.54, 1.807) is 0 Å². The normalized spacial score (nSPS) is 10.9. The van der Waals surface area contributed by atoms with Crippen LogP contribution in [0.4, 0.5) is 0 Å². The molecule has 2 rings (SSSR count). The van der Waals surface area contributed by atoms with E-state index >= 15 is 0 Å². The molecule has 0 spiro atoms. The zero-order valence-corrected chi connectivity index (χ0v) is 10.9. The van der Waals surface area contributed by atoms with Crippen molar-refractivity contribution in [3.05, 3.63) is 46.5 Å². The van der Waals surface area contributed by atoms with Crippen LogP contribution >= 0.6 is 0 Å². The largest absolute Gasteiger partial charge is 0.392 e. The summed E-state index contributed by atoms with van der Waals surface area (Å²) < 4.78 is 2.01. The van der Waals surface area contributed by atoms with Crippen LogP contribution in [0.5, 0.6) is 0 Å². The first-order chi connectivity index (χ1) is 8.60. The van der Waals surface area contributed by atoms with Crippen molar-refractivity contribution < 1.29 is 10.2 Å². The zero-order chi connectivity index (χ0) is 13.3. The highest BCUT2D eigenvalue weighted by Crippen LogP contribution is 2.23. The highest BCUT2D eigenvalue weighted by atomic mass is 16.3. The summed E-state index contributed by atoms with van der Waals surface area (Å²) in [6, 6.07) is 5.83. The molecule has 0 atom stereocenters. The first kappa shape index (κ1) is 12.8. The molecule has 18 heavy (non-hydrogen) atoms. The number of aromatic nitrogens is 2. The summed E-state index contributed by atoms with van der Waals surface area (Å²) in [7, 11) is 0. The Kier molecular flexibility index (Phi) is 3.50. The van der Waals surface area contributed by atoms with Crippen molar-refractivity contribution in [2.45, 2.75) is 34.0 Å². The van der Waals surface area contributed by atoms with Crippen LogP contribution in [0.25, 0.3) is 5.69 Å². The number of aliphatic hydroxyl groups excluding tert-OH is 2. The minimum atomic E-state index is -0.0571. The number of aryl methyl sites for hydroxylation is 1. The number of aliphatic hydroxyl groups is 2. The minimum Gasteiger partial charge on any atom is -0.392 e. The van der Waals surface area contributed by atoms with E-state index in [-0.39, 0.29) is 13.2 Å². The van der Waals surface area contributed by atoms with Crippen LogP contribution in [-0.2, 0) is 13.2 Å². The highest BCUT2D eigenvalue weighted by Gasteiger charge is 2.14. The number of benzene rings is 1. The average molecular weight is 246 g/mol. The molecular formula is C14H18N2O2. The van der Waals surface area contributed by atoms with Gasteiger partial charge in [-0.2, -0.15) is 0 Å². The van der Waals surface area contributed by atoms with Crippen molar-refractivity contribution in [2.75, 3.05) is 0 Å². The van der Waals surface area contributed by atoms with E-state index in [1.807, 2.05) is 43.5 Å². The monoisotopic (exact) mass is 246 g/mol. The smallest absolute Gasteiger partial charge is 0.110 e. The molecule has 0 aliphatic rings. The molecular weight excluding hydrogens is 228 g/mol. The fraction of sp³-hybridized carbons (Fsp3) is 0.357. The van der Waals surface area contributed by atoms with Crippen LogP contribution in [0, 0.1) is 20.8 Å². The van der Waals surface area contributed by atoms with E-state index in [0.717, 1.165) is 28.3 Å². The first-order valence-electron chi connectivity index (χ1n) is 5.95. The molecule has 1 heterocycles. The van der Waals surface area contributed by atoms with Crippen LogP contribution < -0.4 is 0 Å². The van der Waals surface area contributed by atoms with Crippen LogP contribution in [-0.4, -0.2) is 19.8 Å². The summed E-state index contributed by atoms with van der Waals surface area (Å²) >= 11 is 0. The Bertz CT molecular complexity index is 573. The van der Waals surface area contributed by atoms with Gasteiger partial charge in [-0.3, -0.25) is 0 Å². The molecule has 0 unspecified atom stereocenters. The molecule has 0 saturated heterocycles. The van der Waals surface area contributed by atoms with Gasteiger partial charge in [0.2, 0.25) is 0 Å². The Morgan fingerprint density at radius 1 is 1.11 bits per heavy atom. The summed E-state index contributed by atoms with van der Waals surface area (Å²) in [5.41, 5.74) is 4.58. The van der Waals surface area contributed by atoms with Crippen molar-refractivity contribution in [1.82, 2.24) is 9.55 Å². The molecule has 4 heteroatoms. The van der Waals surface area contributed by atoms with Crippen LogP contribution in [0.2, 0.25) is 0 Å². The SMILES string of the molecule is Cc1c(CO)cccc1-n1c(C)nc(CO)c1C. The molecule has 0 saturated carbocycles. The predicted octanol–water partition coefficient (Wildman–Crippen LogP) is 1.78. The van der Waals surface area contributed by atoms with Crippen LogP contribution in [0.15, 0.2) is 18.2 Å². The van der Waals surface area contributed by atoms with Gasteiger partial charge in [0.25, 0.3) is 0 Å². The van der Waals surface area contributed by atoms with E-state index in [2.05, 4.69) is 4.98 Å². The zero-order valence-electron chi connectivity index (χ0n) is 10.9. The lowest BCUT2D eigenvalue weighted by Gasteiger charge is -2.14. The Hall–Kier alpha value is -1.65. The van der Waals surface area contributed by atoms with Crippen molar-refractivity contribution in [1.29, 1.82) is 0 Å². The molecule has 96 valence electrons. The molecule has 1 aromatic carbocycles. The Labute approximate surface area is 107 Å². The molecule has 0 aliphatic heterocycles. The van der Waals surface area contributed by atoms with Crippen molar-refractivity contribution in [3.8, 4) is 5.69 Å². The summed E-state index contributed by atoms with van der Waals surface area (Å²) in [4.78, 5) is 4.35. The standard InChI is InChI=1S/C14H18N2O2/c1-9-12(7-17)5-4-6-14(9)16-10(2)13(8-18)15-11(16)3/h4-6,17-18H,7-8H2,1-3H3. The second kappa shape index (κ2) is 4.92. The van der Waals surface area contributed by atoms with E-state index < -0.39 is 0 Å². The van der Waals surface area contributed by atoms with Gasteiger partial charge >= 0.3 is 0 Å². The Morgan fingerprint density at radius 2 is 1.83 bits per heavy atom. The van der Waals surface area contributed by atoms with Gasteiger partial charge in [0.05, 0.1) is 24.6 Å². The number of hydrogen-bond acceptors (Lipinski definition) is 3. The average Bonchev–Trinajstić information content (AvgIpc) is 2.65. The number of hydrogen-bond donors (Lipinski definition) is 2. The van der Waals surface area contributed by atoms with Gasteiger partial charge in [0.1, 0.15) is 5.82 Å². The third kappa shape index (κ3) is 1.94. The topological polar surface area (TPSA) is 58.3 Å². The molecule has 2 aromatic rings. The summed E-state index contributed by atoms with van der Waals surface area (Å²) in [5.74, 6) is 0.842. The van der Waals surface area contributed by atoms with Crippen molar-refractivity contribution >= 4 is 0 Å². The fourth-order valence-electron chi connectivity index (χ4n) is 2.29. The van der Waals surface area contributed by atoms with Gasteiger partial charge in [0, 0.05) is 5.69 Å². The van der Waals surface area contributed by atoms with Gasteiger partial charge < -0.3 is 14.8 Å². The number of rotatable bonds is 3. The first-order valence-corrected chi connectivity index (χ1v) is 5.95. The summed E-state index contributed by atoms with van der Waals surface area (Å²) in [6.45, 7) is 5.81. The number of imidazole rings is 1. The predicted molar refractivity (Wildman–Crippen MR) is 69.6 cm³/mol. The highest BCUT2D eigenvalue weighted by molar-refractivity contribution is 5.47. The van der Waals surface area contributed by atoms with E-state index in [1.165, 1.54) is 0 Å². The lowest BCUT2D eigenvalue weighted by atomic mass is 10.1. The maximum Gasteiger partial charge on any atom is 0.110 e. The minimum absolute atomic E-state index is 0.0271. The summed E-state index contributed by atoms with van der Waals surface area (Å²) in [6.07, 6.45) is 0. The van der Waals surface area contributed by atoms with E-state index in [4.69, 9.17) is 0 Å². The molecule has 2 N–H and O–H groups in total. The van der Waals surface area contributed by atoms with Crippen LogP contribution in [0.1, 0.15) is 28.3 Å². The molecule has 0 radical (unpaired) electrons. The van der Waals surface area contributed by atoms with E-state index in [9.17, 15) is 10.2 Å². The molecule has 0 aliphatic carbocycles. The number of nitrogens with zero attached hydrogens (tertiary/aromatic N) is 2. The van der Waals surface area contributed by atoms with Gasteiger partial charge in [-0.25, -0.2) is 4.98 Å². The maximum absolute atomic E-state index is 9.31. The second-order valence-corrected chi connectivity index (χ2v) is 4.40. The van der Waals surface area contributed by atoms with Gasteiger partial charge in [0.15, 0.2) is 0 Å². The van der Waals surface area contributed by atoms with Gasteiger partial charge in [-0.05, 0) is 38.0 Å². The molecule has 0 bridgehead atoms. The van der Waals surface area contributed by atoms with Crippen LogP contribution in [0.3, 0.4) is 0 Å². The van der Waals surface area contributed by atoms with Crippen molar-refractivity contribution in [3.63, 3.8) is 0 Å². The lowest BCUT2D eigenvalue weighted by molar-refractivity contribution is 0.276. The maximum atomic E-state index is 9.31. The van der Waals surface area contributed by atoms with E-state index in [0.29, 0.717) is 5.69 Å². The lowest BCUT2D eigenvalue weighted by Crippen LogP contribution is -2.04. The molecule has 0 fully saturated rings. The molecule has 4 nitrogen and oxygen atoms in total. The fourth-order valence-corrected chi connectivity index (χ4v) is 2.29. The summed E-state index contributed by atoms with van der Waals surface area (Å²) in [5, 5.41) is 18.6.